The van der Waals surface area contributed by atoms with Crippen LogP contribution in [0.3, 0.4) is 0 Å². The second-order valence-electron chi connectivity index (χ2n) is 6.94. The van der Waals surface area contributed by atoms with E-state index in [9.17, 15) is 4.79 Å². The van der Waals surface area contributed by atoms with Gasteiger partial charge in [-0.05, 0) is 37.5 Å². The molecule has 0 aliphatic carbocycles. The van der Waals surface area contributed by atoms with Crippen LogP contribution >= 0.6 is 0 Å². The Kier molecular flexibility index (Phi) is 4.73. The van der Waals surface area contributed by atoms with Crippen LogP contribution in [0.4, 0.5) is 0 Å². The first-order valence-electron chi connectivity index (χ1n) is 8.37. The average Bonchev–Trinajstić information content (AvgIpc) is 3.08. The number of hydrogen-bond acceptors (Lipinski definition) is 4. The zero-order valence-corrected chi connectivity index (χ0v) is 14.3. The van der Waals surface area contributed by atoms with E-state index in [2.05, 4.69) is 48.3 Å². The van der Waals surface area contributed by atoms with Gasteiger partial charge in [0.25, 0.3) is 5.91 Å². The summed E-state index contributed by atoms with van der Waals surface area (Å²) in [4.78, 5) is 14.7. The smallest absolute Gasteiger partial charge is 0.254 e. The summed E-state index contributed by atoms with van der Waals surface area (Å²) < 4.78 is 5.23. The summed E-state index contributed by atoms with van der Waals surface area (Å²) in [6.45, 7) is 7.14. The molecule has 0 unspecified atom stereocenters. The molecule has 3 rings (SSSR count). The summed E-state index contributed by atoms with van der Waals surface area (Å²) in [5.74, 6) is 0.496. The third kappa shape index (κ3) is 3.52. The van der Waals surface area contributed by atoms with E-state index >= 15 is 0 Å². The summed E-state index contributed by atoms with van der Waals surface area (Å²) in [5, 5.41) is 3.02. The number of nitrogens with zero attached hydrogens (tertiary/aromatic N) is 1. The molecule has 0 bridgehead atoms. The fraction of sp³-hybridized carbons (Fsp3) is 0.421. The van der Waals surface area contributed by atoms with E-state index in [1.54, 1.807) is 6.07 Å². The minimum Gasteiger partial charge on any atom is -0.467 e. The first kappa shape index (κ1) is 16.7. The zero-order chi connectivity index (χ0) is 17.2. The zero-order valence-electron chi connectivity index (χ0n) is 14.3. The van der Waals surface area contributed by atoms with Crippen molar-refractivity contribution in [3.63, 3.8) is 0 Å². The molecule has 0 saturated carbocycles. The van der Waals surface area contributed by atoms with Crippen LogP contribution in [0.15, 0.2) is 41.0 Å². The van der Waals surface area contributed by atoms with Crippen LogP contribution in [-0.4, -0.2) is 29.4 Å². The Hall–Kier alpha value is -2.11. The highest BCUT2D eigenvalue weighted by Gasteiger charge is 2.30. The molecule has 3 N–H and O–H groups in total. The Balaban J connectivity index is 1.61. The van der Waals surface area contributed by atoms with Crippen molar-refractivity contribution in [2.75, 3.05) is 13.1 Å². The number of carbonyl (C=O) groups excluding carboxylic acids is 1. The third-order valence-corrected chi connectivity index (χ3v) is 4.79. The number of rotatable bonds is 5. The summed E-state index contributed by atoms with van der Waals surface area (Å²) in [6, 6.07) is 10.3. The molecule has 0 atom stereocenters. The predicted octanol–water partition coefficient (Wildman–Crippen LogP) is 2.30. The summed E-state index contributed by atoms with van der Waals surface area (Å²) in [6.07, 6.45) is 2.51. The van der Waals surface area contributed by atoms with Crippen molar-refractivity contribution in [3.05, 3.63) is 59.0 Å². The Morgan fingerprint density at radius 1 is 1.33 bits per heavy atom. The van der Waals surface area contributed by atoms with Crippen LogP contribution in [0, 0.1) is 0 Å². The molecule has 0 radical (unpaired) electrons. The number of hydrogen-bond donors (Lipinski definition) is 2. The second kappa shape index (κ2) is 6.79. The quantitative estimate of drug-likeness (QED) is 0.884. The highest BCUT2D eigenvalue weighted by molar-refractivity contribution is 5.94. The number of nitrogens with one attached hydrogen (secondary N) is 1. The van der Waals surface area contributed by atoms with Crippen LogP contribution in [0.5, 0.6) is 0 Å². The number of amides is 1. The standard InChI is InChI=1S/C19H25N3O2/c1-19(2,13-21-18(23)16-9-17(10-20)24-12-16)22-8-7-14-5-3-4-6-15(14)11-22/h3-6,9,12H,7-8,10-11,13,20H2,1-2H3,(H,21,23). The van der Waals surface area contributed by atoms with Gasteiger partial charge in [-0.25, -0.2) is 0 Å². The van der Waals surface area contributed by atoms with E-state index in [-0.39, 0.29) is 11.4 Å². The molecule has 24 heavy (non-hydrogen) atoms. The molecule has 1 aromatic carbocycles. The van der Waals surface area contributed by atoms with Gasteiger partial charge in [0.1, 0.15) is 12.0 Å². The fourth-order valence-corrected chi connectivity index (χ4v) is 3.13. The van der Waals surface area contributed by atoms with Gasteiger partial charge < -0.3 is 15.5 Å². The Morgan fingerprint density at radius 2 is 2.08 bits per heavy atom. The van der Waals surface area contributed by atoms with E-state index in [1.165, 1.54) is 17.4 Å². The lowest BCUT2D eigenvalue weighted by Crippen LogP contribution is -2.53. The molecule has 5 nitrogen and oxygen atoms in total. The van der Waals surface area contributed by atoms with Crippen molar-refractivity contribution in [1.82, 2.24) is 10.2 Å². The van der Waals surface area contributed by atoms with Crippen molar-refractivity contribution >= 4 is 5.91 Å². The van der Waals surface area contributed by atoms with Gasteiger partial charge in [-0.2, -0.15) is 0 Å². The molecule has 1 amide bonds. The maximum absolute atomic E-state index is 12.3. The van der Waals surface area contributed by atoms with Gasteiger partial charge in [0.2, 0.25) is 0 Å². The van der Waals surface area contributed by atoms with Crippen LogP contribution < -0.4 is 11.1 Å². The minimum atomic E-state index is -0.121. The van der Waals surface area contributed by atoms with Gasteiger partial charge in [-0.3, -0.25) is 9.69 Å². The van der Waals surface area contributed by atoms with E-state index < -0.39 is 0 Å². The van der Waals surface area contributed by atoms with Crippen molar-refractivity contribution in [2.24, 2.45) is 5.73 Å². The van der Waals surface area contributed by atoms with Gasteiger partial charge in [0, 0.05) is 25.2 Å². The lowest BCUT2D eigenvalue weighted by molar-refractivity contribution is 0.0825. The van der Waals surface area contributed by atoms with Crippen molar-refractivity contribution in [1.29, 1.82) is 0 Å². The normalized spacial score (nSPS) is 15.1. The highest BCUT2D eigenvalue weighted by Crippen LogP contribution is 2.25. The average molecular weight is 327 g/mol. The molecule has 2 aromatic rings. The van der Waals surface area contributed by atoms with Gasteiger partial charge in [-0.1, -0.05) is 24.3 Å². The Labute approximate surface area is 142 Å². The molecule has 0 fully saturated rings. The maximum atomic E-state index is 12.3. The lowest BCUT2D eigenvalue weighted by Gasteiger charge is -2.41. The number of nitrogens with two attached hydrogens (primary N) is 1. The van der Waals surface area contributed by atoms with Crippen molar-refractivity contribution in [3.8, 4) is 0 Å². The lowest BCUT2D eigenvalue weighted by atomic mass is 9.94. The monoisotopic (exact) mass is 327 g/mol. The summed E-state index contributed by atoms with van der Waals surface area (Å²) >= 11 is 0. The van der Waals surface area contributed by atoms with Crippen LogP contribution in [0.2, 0.25) is 0 Å². The molecular weight excluding hydrogens is 302 g/mol. The van der Waals surface area contributed by atoms with Crippen LogP contribution in [-0.2, 0) is 19.5 Å². The molecule has 128 valence electrons. The van der Waals surface area contributed by atoms with Crippen molar-refractivity contribution < 1.29 is 9.21 Å². The highest BCUT2D eigenvalue weighted by atomic mass is 16.3. The van der Waals surface area contributed by atoms with Gasteiger partial charge in [0.05, 0.1) is 12.1 Å². The number of carbonyl (C=O) groups is 1. The number of furan rings is 1. The molecule has 2 heterocycles. The maximum Gasteiger partial charge on any atom is 0.254 e. The largest absolute Gasteiger partial charge is 0.467 e. The Morgan fingerprint density at radius 3 is 2.79 bits per heavy atom. The SMILES string of the molecule is CC(C)(CNC(=O)c1coc(CN)c1)N1CCc2ccccc2C1. The van der Waals surface area contributed by atoms with Gasteiger partial charge in [-0.15, -0.1) is 0 Å². The Bertz CT molecular complexity index is 721. The molecule has 0 saturated heterocycles. The number of benzene rings is 1. The fourth-order valence-electron chi connectivity index (χ4n) is 3.13. The van der Waals surface area contributed by atoms with Gasteiger partial charge >= 0.3 is 0 Å². The summed E-state index contributed by atoms with van der Waals surface area (Å²) in [5.41, 5.74) is 8.72. The van der Waals surface area contributed by atoms with Gasteiger partial charge in [0.15, 0.2) is 0 Å². The molecule has 1 aromatic heterocycles. The third-order valence-electron chi connectivity index (χ3n) is 4.79. The molecular formula is C19H25N3O2. The molecule has 5 heteroatoms. The molecule has 1 aliphatic heterocycles. The van der Waals surface area contributed by atoms with Crippen molar-refractivity contribution in [2.45, 2.75) is 38.9 Å². The first-order chi connectivity index (χ1) is 11.5. The second-order valence-corrected chi connectivity index (χ2v) is 6.94. The molecule has 0 spiro atoms. The van der Waals surface area contributed by atoms with E-state index in [0.717, 1.165) is 19.5 Å². The first-order valence-corrected chi connectivity index (χ1v) is 8.37. The van der Waals surface area contributed by atoms with E-state index in [1.807, 2.05) is 0 Å². The van der Waals surface area contributed by atoms with Crippen LogP contribution in [0.1, 0.15) is 41.1 Å². The summed E-state index contributed by atoms with van der Waals surface area (Å²) in [7, 11) is 0. The molecule has 1 aliphatic rings. The topological polar surface area (TPSA) is 71.5 Å². The number of fused-ring (bicyclic) bond motifs is 1. The van der Waals surface area contributed by atoms with Crippen LogP contribution in [0.25, 0.3) is 0 Å². The van der Waals surface area contributed by atoms with E-state index in [4.69, 9.17) is 10.2 Å². The minimum absolute atomic E-state index is 0.121. The van der Waals surface area contributed by atoms with E-state index in [0.29, 0.717) is 24.4 Å². The predicted molar refractivity (Wildman–Crippen MR) is 93.6 cm³/mol.